The van der Waals surface area contributed by atoms with Gasteiger partial charge in [0, 0.05) is 0 Å². The lowest BCUT2D eigenvalue weighted by Crippen LogP contribution is -2.53. The molecular weight excluding hydrogens is 286 g/mol. The Morgan fingerprint density at radius 3 is 2.00 bits per heavy atom. The summed E-state index contributed by atoms with van der Waals surface area (Å²) in [5.41, 5.74) is -2.09. The molecule has 1 N–H and O–H groups in total. The molecule has 0 spiro atoms. The van der Waals surface area contributed by atoms with Crippen LogP contribution in [0.25, 0.3) is 0 Å². The molecule has 0 heterocycles. The van der Waals surface area contributed by atoms with E-state index < -0.39 is 17.5 Å². The molecule has 1 rings (SSSR count). The average molecular weight is 293 g/mol. The largest absolute Gasteiger partial charge is 0.403 e. The predicted molar refractivity (Wildman–Crippen MR) is 44.5 cm³/mol. The van der Waals surface area contributed by atoms with E-state index in [0.29, 0.717) is 6.42 Å². The number of carbonyl (C=O) groups is 1. The summed E-state index contributed by atoms with van der Waals surface area (Å²) in [5.74, 6) is -0.915. The molecule has 1 aliphatic rings. The predicted octanol–water partition coefficient (Wildman–Crippen LogP) is 2.19. The second-order valence-corrected chi connectivity index (χ2v) is 3.40. The third-order valence-electron chi connectivity index (χ3n) is 2.27. The van der Waals surface area contributed by atoms with Gasteiger partial charge in [-0.3, -0.25) is 8.32 Å². The first-order chi connectivity index (χ1) is 5.44. The molecule has 2 nitrogen and oxygen atoms in total. The molecule has 1 fully saturated rings. The van der Waals surface area contributed by atoms with Crippen molar-refractivity contribution < 1.29 is 18.0 Å². The van der Waals surface area contributed by atoms with Gasteiger partial charge in [0.25, 0.3) is 0 Å². The fourth-order valence-electron chi connectivity index (χ4n) is 1.26. The van der Waals surface area contributed by atoms with Crippen LogP contribution in [0.4, 0.5) is 13.2 Å². The van der Waals surface area contributed by atoms with Crippen LogP contribution in [0.1, 0.15) is 19.3 Å². The summed E-state index contributed by atoms with van der Waals surface area (Å²) in [4.78, 5) is 10.9. The van der Waals surface area contributed by atoms with Crippen LogP contribution in [0.2, 0.25) is 0 Å². The third-order valence-corrected chi connectivity index (χ3v) is 2.76. The Morgan fingerprint density at radius 2 is 1.92 bits per heavy atom. The summed E-state index contributed by atoms with van der Waals surface area (Å²) >= 11 is 1.44. The Morgan fingerprint density at radius 1 is 1.42 bits per heavy atom. The van der Waals surface area contributed by atoms with Gasteiger partial charge in [-0.2, -0.15) is 13.2 Å². The normalized spacial score (nSPS) is 21.3. The van der Waals surface area contributed by atoms with Gasteiger partial charge in [-0.05, 0) is 12.8 Å². The summed E-state index contributed by atoms with van der Waals surface area (Å²) in [6.45, 7) is 0. The number of rotatable bonds is 1. The number of alkyl halides is 3. The maximum atomic E-state index is 12.3. The van der Waals surface area contributed by atoms with Crippen molar-refractivity contribution in [1.29, 1.82) is 0 Å². The van der Waals surface area contributed by atoms with Crippen molar-refractivity contribution in [3.8, 4) is 0 Å². The number of amides is 1. The lowest BCUT2D eigenvalue weighted by Gasteiger charge is -2.40. The zero-order chi connectivity index (χ0) is 9.41. The molecule has 0 unspecified atom stereocenters. The van der Waals surface area contributed by atoms with Crippen molar-refractivity contribution in [2.24, 2.45) is 5.41 Å². The lowest BCUT2D eigenvalue weighted by molar-refractivity contribution is -0.242. The van der Waals surface area contributed by atoms with Crippen molar-refractivity contribution in [1.82, 2.24) is 3.53 Å². The Balaban J connectivity index is 2.83. The summed E-state index contributed by atoms with van der Waals surface area (Å²) in [7, 11) is 0. The van der Waals surface area contributed by atoms with E-state index in [4.69, 9.17) is 0 Å². The molecule has 0 aromatic heterocycles. The smallest absolute Gasteiger partial charge is 0.298 e. The van der Waals surface area contributed by atoms with Crippen molar-refractivity contribution in [3.05, 3.63) is 0 Å². The van der Waals surface area contributed by atoms with Crippen molar-refractivity contribution in [2.45, 2.75) is 25.4 Å². The molecule has 0 atom stereocenters. The maximum absolute atomic E-state index is 12.3. The van der Waals surface area contributed by atoms with Crippen molar-refractivity contribution in [3.63, 3.8) is 0 Å². The highest BCUT2D eigenvalue weighted by Gasteiger charge is 2.63. The van der Waals surface area contributed by atoms with E-state index in [9.17, 15) is 18.0 Å². The first-order valence-corrected chi connectivity index (χ1v) is 4.50. The van der Waals surface area contributed by atoms with Crippen LogP contribution in [0.3, 0.4) is 0 Å². The Hall–Kier alpha value is -0.0100. The standard InChI is InChI=1S/C6H7F3INO/c7-6(8,9)5(2-1-3-5)4(12)11-10/h1-3H2,(H,11,12). The van der Waals surface area contributed by atoms with Crippen LogP contribution in [-0.4, -0.2) is 12.1 Å². The van der Waals surface area contributed by atoms with E-state index in [1.807, 2.05) is 3.53 Å². The van der Waals surface area contributed by atoms with Gasteiger partial charge in [0.05, 0.1) is 22.9 Å². The second-order valence-electron chi connectivity index (χ2n) is 2.86. The maximum Gasteiger partial charge on any atom is 0.403 e. The third kappa shape index (κ3) is 1.29. The van der Waals surface area contributed by atoms with Crippen molar-refractivity contribution >= 4 is 28.8 Å². The van der Waals surface area contributed by atoms with E-state index in [-0.39, 0.29) is 12.8 Å². The zero-order valence-corrected chi connectivity index (χ0v) is 8.20. The van der Waals surface area contributed by atoms with Crippen LogP contribution >= 0.6 is 22.9 Å². The minimum atomic E-state index is -4.40. The molecule has 0 radical (unpaired) electrons. The minimum Gasteiger partial charge on any atom is -0.298 e. The molecule has 6 heteroatoms. The van der Waals surface area contributed by atoms with E-state index in [2.05, 4.69) is 0 Å². The van der Waals surface area contributed by atoms with Gasteiger partial charge in [0.15, 0.2) is 0 Å². The summed E-state index contributed by atoms with van der Waals surface area (Å²) < 4.78 is 39.0. The summed E-state index contributed by atoms with van der Waals surface area (Å²) in [5, 5.41) is 0. The van der Waals surface area contributed by atoms with E-state index >= 15 is 0 Å². The zero-order valence-electron chi connectivity index (χ0n) is 6.04. The van der Waals surface area contributed by atoms with Crippen LogP contribution in [0.15, 0.2) is 0 Å². The first kappa shape index (κ1) is 10.1. The Kier molecular flexibility index (Phi) is 2.55. The van der Waals surface area contributed by atoms with Crippen LogP contribution < -0.4 is 3.53 Å². The van der Waals surface area contributed by atoms with Gasteiger partial charge in [0.2, 0.25) is 5.91 Å². The van der Waals surface area contributed by atoms with Crippen LogP contribution in [0.5, 0.6) is 0 Å². The molecule has 70 valence electrons. The molecule has 0 aliphatic heterocycles. The SMILES string of the molecule is O=C(NI)C1(C(F)(F)F)CCC1. The molecule has 12 heavy (non-hydrogen) atoms. The van der Waals surface area contributed by atoms with E-state index in [1.165, 1.54) is 22.9 Å². The fraction of sp³-hybridized carbons (Fsp3) is 0.833. The number of halogens is 4. The highest BCUT2D eigenvalue weighted by molar-refractivity contribution is 14.1. The Bertz CT molecular complexity index is 199. The topological polar surface area (TPSA) is 29.1 Å². The van der Waals surface area contributed by atoms with Gasteiger partial charge in [0.1, 0.15) is 5.41 Å². The quantitative estimate of drug-likeness (QED) is 0.583. The van der Waals surface area contributed by atoms with Gasteiger partial charge < -0.3 is 0 Å². The van der Waals surface area contributed by atoms with Crippen LogP contribution in [-0.2, 0) is 4.79 Å². The lowest BCUT2D eigenvalue weighted by atomic mass is 9.67. The molecule has 0 aromatic carbocycles. The molecule has 0 aromatic rings. The highest BCUT2D eigenvalue weighted by Crippen LogP contribution is 2.53. The van der Waals surface area contributed by atoms with Gasteiger partial charge >= 0.3 is 6.18 Å². The summed E-state index contributed by atoms with van der Waals surface area (Å²) in [6, 6.07) is 0. The molecular formula is C6H7F3INO. The van der Waals surface area contributed by atoms with Crippen molar-refractivity contribution in [2.75, 3.05) is 0 Å². The van der Waals surface area contributed by atoms with Gasteiger partial charge in [-0.25, -0.2) is 0 Å². The Labute approximate surface area is 81.4 Å². The summed E-state index contributed by atoms with van der Waals surface area (Å²) in [6.07, 6.45) is -4.08. The molecule has 0 bridgehead atoms. The molecule has 1 aliphatic carbocycles. The van der Waals surface area contributed by atoms with E-state index in [1.54, 1.807) is 0 Å². The van der Waals surface area contributed by atoms with Crippen LogP contribution in [0, 0.1) is 5.41 Å². The average Bonchev–Trinajstić information content (AvgIpc) is 1.81. The van der Waals surface area contributed by atoms with Gasteiger partial charge in [-0.15, -0.1) is 0 Å². The number of carbonyl (C=O) groups excluding carboxylic acids is 1. The fourth-order valence-corrected chi connectivity index (χ4v) is 1.78. The molecule has 0 saturated heterocycles. The van der Waals surface area contributed by atoms with Gasteiger partial charge in [-0.1, -0.05) is 6.42 Å². The highest BCUT2D eigenvalue weighted by atomic mass is 127. The molecule has 1 saturated carbocycles. The number of hydrogen-bond donors (Lipinski definition) is 1. The van der Waals surface area contributed by atoms with E-state index in [0.717, 1.165) is 0 Å². The molecule has 1 amide bonds. The monoisotopic (exact) mass is 293 g/mol. The number of hydrogen-bond acceptors (Lipinski definition) is 1. The minimum absolute atomic E-state index is 0.0780. The second kappa shape index (κ2) is 3.04. The first-order valence-electron chi connectivity index (χ1n) is 3.42. The number of nitrogens with one attached hydrogen (secondary N) is 1.